The van der Waals surface area contributed by atoms with Gasteiger partial charge in [0.1, 0.15) is 13.2 Å². The zero-order chi connectivity index (χ0) is 20.1. The molecule has 1 unspecified atom stereocenters. The van der Waals surface area contributed by atoms with Gasteiger partial charge in [0.05, 0.1) is 25.9 Å². The van der Waals surface area contributed by atoms with Gasteiger partial charge in [0.15, 0.2) is 11.5 Å². The molecule has 0 bridgehead atoms. The van der Waals surface area contributed by atoms with E-state index in [-0.39, 0.29) is 18.1 Å². The molecule has 1 atom stereocenters. The quantitative estimate of drug-likeness (QED) is 0.708. The molecule has 1 spiro atoms. The zero-order valence-electron chi connectivity index (χ0n) is 17.2. The van der Waals surface area contributed by atoms with Crippen LogP contribution in [0, 0.1) is 0 Å². The predicted octanol–water partition coefficient (Wildman–Crippen LogP) is 0.497. The lowest BCUT2D eigenvalue weighted by molar-refractivity contribution is -0.142. The molecule has 29 heavy (non-hydrogen) atoms. The van der Waals surface area contributed by atoms with E-state index in [0.717, 1.165) is 76.0 Å². The van der Waals surface area contributed by atoms with Gasteiger partial charge in [-0.25, -0.2) is 0 Å². The van der Waals surface area contributed by atoms with Gasteiger partial charge in [0.2, 0.25) is 5.91 Å². The fraction of sp³-hybridized carbons (Fsp3) is 0.667. The Bertz CT molecular complexity index is 698. The summed E-state index contributed by atoms with van der Waals surface area (Å²) in [6.45, 7) is 8.22. The molecule has 3 aliphatic rings. The number of ether oxygens (including phenoxy) is 4. The number of likely N-dealkylation sites (tertiary alicyclic amines) is 1. The highest BCUT2D eigenvalue weighted by molar-refractivity contribution is 5.78. The van der Waals surface area contributed by atoms with Crippen molar-refractivity contribution in [3.05, 3.63) is 23.8 Å². The van der Waals surface area contributed by atoms with Crippen LogP contribution >= 0.6 is 0 Å². The summed E-state index contributed by atoms with van der Waals surface area (Å²) in [5.74, 6) is 1.56. The topological polar surface area (TPSA) is 72.5 Å². The SMILES string of the molecule is COc1cccc(CN2CCC3(CNC(=O)CO3)C2)c1OCCN1CCOCC1. The molecule has 1 aromatic carbocycles. The van der Waals surface area contributed by atoms with Gasteiger partial charge in [-0.3, -0.25) is 14.6 Å². The van der Waals surface area contributed by atoms with Crippen LogP contribution < -0.4 is 14.8 Å². The highest BCUT2D eigenvalue weighted by atomic mass is 16.5. The maximum absolute atomic E-state index is 11.4. The highest BCUT2D eigenvalue weighted by Gasteiger charge is 2.42. The third-order valence-electron chi connectivity index (χ3n) is 5.94. The van der Waals surface area contributed by atoms with Crippen molar-refractivity contribution in [2.45, 2.75) is 18.6 Å². The number of carbonyl (C=O) groups is 1. The number of carbonyl (C=O) groups excluding carboxylic acids is 1. The monoisotopic (exact) mass is 405 g/mol. The Morgan fingerprint density at radius 2 is 2.07 bits per heavy atom. The summed E-state index contributed by atoms with van der Waals surface area (Å²) in [5, 5.41) is 2.94. The van der Waals surface area contributed by atoms with Crippen LogP contribution in [0.4, 0.5) is 0 Å². The molecule has 4 rings (SSSR count). The molecule has 8 heteroatoms. The number of hydrogen-bond acceptors (Lipinski definition) is 7. The largest absolute Gasteiger partial charge is 0.493 e. The first kappa shape index (κ1) is 20.4. The van der Waals surface area contributed by atoms with Crippen molar-refractivity contribution in [2.24, 2.45) is 0 Å². The molecule has 3 fully saturated rings. The van der Waals surface area contributed by atoms with E-state index >= 15 is 0 Å². The Balaban J connectivity index is 1.37. The molecule has 0 aliphatic carbocycles. The molecule has 1 amide bonds. The Hall–Kier alpha value is -1.87. The number of rotatable bonds is 7. The first-order valence-electron chi connectivity index (χ1n) is 10.4. The van der Waals surface area contributed by atoms with Crippen molar-refractivity contribution in [3.8, 4) is 11.5 Å². The Morgan fingerprint density at radius 1 is 1.21 bits per heavy atom. The van der Waals surface area contributed by atoms with E-state index in [4.69, 9.17) is 18.9 Å². The predicted molar refractivity (Wildman–Crippen MR) is 107 cm³/mol. The minimum absolute atomic E-state index is 0.0298. The summed E-state index contributed by atoms with van der Waals surface area (Å²) in [4.78, 5) is 16.1. The Kier molecular flexibility index (Phi) is 6.54. The molecule has 1 N–H and O–H groups in total. The van der Waals surface area contributed by atoms with Gasteiger partial charge < -0.3 is 24.3 Å². The van der Waals surface area contributed by atoms with Gasteiger partial charge in [0, 0.05) is 51.4 Å². The molecule has 3 aliphatic heterocycles. The van der Waals surface area contributed by atoms with Gasteiger partial charge >= 0.3 is 0 Å². The molecule has 0 aromatic heterocycles. The van der Waals surface area contributed by atoms with Crippen molar-refractivity contribution < 1.29 is 23.7 Å². The molecule has 1 aromatic rings. The lowest BCUT2D eigenvalue weighted by atomic mass is 10.0. The van der Waals surface area contributed by atoms with Crippen molar-refractivity contribution in [2.75, 3.05) is 72.8 Å². The van der Waals surface area contributed by atoms with Crippen LogP contribution in [0.1, 0.15) is 12.0 Å². The van der Waals surface area contributed by atoms with Crippen LogP contribution in [0.3, 0.4) is 0 Å². The van der Waals surface area contributed by atoms with Gasteiger partial charge in [-0.2, -0.15) is 0 Å². The van der Waals surface area contributed by atoms with E-state index in [2.05, 4.69) is 21.2 Å². The fourth-order valence-electron chi connectivity index (χ4n) is 4.26. The molecule has 8 nitrogen and oxygen atoms in total. The fourth-order valence-corrected chi connectivity index (χ4v) is 4.26. The smallest absolute Gasteiger partial charge is 0.246 e. The molecule has 3 saturated heterocycles. The molecular formula is C21H31N3O5. The number of nitrogens with zero attached hydrogens (tertiary/aromatic N) is 2. The van der Waals surface area contributed by atoms with E-state index in [1.807, 2.05) is 12.1 Å². The normalized spacial score (nSPS) is 25.9. The van der Waals surface area contributed by atoms with E-state index in [1.165, 1.54) is 0 Å². The summed E-state index contributed by atoms with van der Waals surface area (Å²) in [6, 6.07) is 6.05. The third-order valence-corrected chi connectivity index (χ3v) is 5.94. The maximum Gasteiger partial charge on any atom is 0.246 e. The minimum Gasteiger partial charge on any atom is -0.493 e. The number of morpholine rings is 2. The van der Waals surface area contributed by atoms with Gasteiger partial charge in [-0.15, -0.1) is 0 Å². The van der Waals surface area contributed by atoms with Crippen LogP contribution in [-0.2, 0) is 20.8 Å². The van der Waals surface area contributed by atoms with Crippen molar-refractivity contribution >= 4 is 5.91 Å². The van der Waals surface area contributed by atoms with Gasteiger partial charge in [0.25, 0.3) is 0 Å². The van der Waals surface area contributed by atoms with Crippen molar-refractivity contribution in [1.82, 2.24) is 15.1 Å². The number of benzene rings is 1. The summed E-state index contributed by atoms with van der Waals surface area (Å²) < 4.78 is 23.1. The minimum atomic E-state index is -0.260. The molecule has 0 radical (unpaired) electrons. The summed E-state index contributed by atoms with van der Waals surface area (Å²) >= 11 is 0. The highest BCUT2D eigenvalue weighted by Crippen LogP contribution is 2.34. The second-order valence-corrected chi connectivity index (χ2v) is 7.96. The van der Waals surface area contributed by atoms with Crippen LogP contribution in [0.25, 0.3) is 0 Å². The summed E-state index contributed by atoms with van der Waals surface area (Å²) in [6.07, 6.45) is 0.921. The summed E-state index contributed by atoms with van der Waals surface area (Å²) in [7, 11) is 1.68. The second-order valence-electron chi connectivity index (χ2n) is 7.96. The van der Waals surface area contributed by atoms with E-state index in [9.17, 15) is 4.79 Å². The first-order chi connectivity index (χ1) is 14.2. The van der Waals surface area contributed by atoms with Crippen molar-refractivity contribution in [3.63, 3.8) is 0 Å². The number of nitrogens with one attached hydrogen (secondary N) is 1. The summed E-state index contributed by atoms with van der Waals surface area (Å²) in [5.41, 5.74) is 0.854. The Morgan fingerprint density at radius 3 is 2.83 bits per heavy atom. The van der Waals surface area contributed by atoms with Gasteiger partial charge in [-0.1, -0.05) is 12.1 Å². The molecular weight excluding hydrogens is 374 g/mol. The molecule has 3 heterocycles. The van der Waals surface area contributed by atoms with Gasteiger partial charge in [-0.05, 0) is 12.5 Å². The zero-order valence-corrected chi connectivity index (χ0v) is 17.2. The average molecular weight is 405 g/mol. The van der Waals surface area contributed by atoms with E-state index in [1.54, 1.807) is 7.11 Å². The van der Waals surface area contributed by atoms with Crippen LogP contribution in [0.5, 0.6) is 11.5 Å². The van der Waals surface area contributed by atoms with Crippen LogP contribution in [0.15, 0.2) is 18.2 Å². The third kappa shape index (κ3) is 5.01. The number of methoxy groups -OCH3 is 1. The lowest BCUT2D eigenvalue weighted by Gasteiger charge is -2.33. The first-order valence-corrected chi connectivity index (χ1v) is 10.4. The van der Waals surface area contributed by atoms with E-state index < -0.39 is 0 Å². The average Bonchev–Trinajstić information content (AvgIpc) is 3.14. The van der Waals surface area contributed by atoms with Crippen molar-refractivity contribution in [1.29, 1.82) is 0 Å². The van der Waals surface area contributed by atoms with Crippen LogP contribution in [-0.4, -0.2) is 94.1 Å². The Labute approximate surface area is 172 Å². The molecule has 0 saturated carbocycles. The lowest BCUT2D eigenvalue weighted by Crippen LogP contribution is -2.53. The number of hydrogen-bond donors (Lipinski definition) is 1. The molecule has 160 valence electrons. The van der Waals surface area contributed by atoms with E-state index in [0.29, 0.717) is 13.2 Å². The maximum atomic E-state index is 11.4. The number of amides is 1. The van der Waals surface area contributed by atoms with Crippen LogP contribution in [0.2, 0.25) is 0 Å². The standard InChI is InChI=1S/C21H31N3O5/c1-26-18-4-2-3-17(20(18)28-12-9-23-7-10-27-11-8-23)13-24-6-5-21(16-24)15-22-19(25)14-29-21/h2-4H,5-16H2,1H3,(H,22,25). The second kappa shape index (κ2) is 9.30. The number of para-hydroxylation sites is 1.